The van der Waals surface area contributed by atoms with Crippen molar-refractivity contribution in [3.63, 3.8) is 0 Å². The zero-order valence-corrected chi connectivity index (χ0v) is 22.4. The van der Waals surface area contributed by atoms with Gasteiger partial charge in [-0.1, -0.05) is 12.1 Å². The van der Waals surface area contributed by atoms with Crippen molar-refractivity contribution in [1.82, 2.24) is 4.90 Å². The van der Waals surface area contributed by atoms with Gasteiger partial charge in [0.25, 0.3) is 5.91 Å². The average molecular weight is 545 g/mol. The fourth-order valence-corrected chi connectivity index (χ4v) is 4.37. The van der Waals surface area contributed by atoms with Crippen molar-refractivity contribution in [1.29, 1.82) is 0 Å². The average Bonchev–Trinajstić information content (AvgIpc) is 2.87. The number of alkyl halides is 3. The first-order valence-corrected chi connectivity index (χ1v) is 12.2. The molecular formula is C29H31F3N2O5. The highest BCUT2D eigenvalue weighted by Crippen LogP contribution is 2.39. The molecule has 0 aromatic heterocycles. The van der Waals surface area contributed by atoms with Crippen molar-refractivity contribution in [2.24, 2.45) is 0 Å². The van der Waals surface area contributed by atoms with Crippen LogP contribution in [-0.2, 0) is 11.2 Å². The minimum absolute atomic E-state index is 0.0413. The van der Waals surface area contributed by atoms with Gasteiger partial charge in [0.1, 0.15) is 17.2 Å². The summed E-state index contributed by atoms with van der Waals surface area (Å²) in [6.07, 6.45) is -3.86. The second-order valence-corrected chi connectivity index (χ2v) is 8.95. The number of benzene rings is 3. The quantitative estimate of drug-likeness (QED) is 0.407. The number of ether oxygens (including phenoxy) is 3. The molecule has 1 N–H and O–H groups in total. The zero-order chi connectivity index (χ0) is 28.7. The summed E-state index contributed by atoms with van der Waals surface area (Å²) in [5, 5.41) is 2.71. The number of fused-ring (bicyclic) bond motifs is 1. The van der Waals surface area contributed by atoms with Crippen LogP contribution in [0.1, 0.15) is 46.9 Å². The summed E-state index contributed by atoms with van der Waals surface area (Å²) in [6, 6.07) is 16.5. The predicted molar refractivity (Wildman–Crippen MR) is 141 cm³/mol. The van der Waals surface area contributed by atoms with Gasteiger partial charge in [-0.15, -0.1) is 13.2 Å². The first-order chi connectivity index (χ1) is 18.4. The summed E-state index contributed by atoms with van der Waals surface area (Å²) in [7, 11) is 3.26. The van der Waals surface area contributed by atoms with Gasteiger partial charge in [0.05, 0.1) is 20.3 Å². The number of rotatable bonds is 5. The van der Waals surface area contributed by atoms with Gasteiger partial charge in [-0.25, -0.2) is 0 Å². The van der Waals surface area contributed by atoms with Crippen LogP contribution in [0.4, 0.5) is 18.9 Å². The third-order valence-corrected chi connectivity index (χ3v) is 6.10. The summed E-state index contributed by atoms with van der Waals surface area (Å²) in [6.45, 7) is 5.78. The van der Waals surface area contributed by atoms with Crippen molar-refractivity contribution in [3.05, 3.63) is 82.9 Å². The van der Waals surface area contributed by atoms with Gasteiger partial charge < -0.3 is 24.4 Å². The molecule has 0 radical (unpaired) electrons. The maximum absolute atomic E-state index is 13.0. The molecule has 3 aromatic carbocycles. The number of carbonyl (C=O) groups excluding carboxylic acids is 2. The molecule has 0 spiro atoms. The van der Waals surface area contributed by atoms with E-state index in [1.807, 2.05) is 24.0 Å². The van der Waals surface area contributed by atoms with E-state index >= 15 is 0 Å². The number of carbonyl (C=O) groups is 2. The van der Waals surface area contributed by atoms with Crippen LogP contribution in [0.2, 0.25) is 0 Å². The van der Waals surface area contributed by atoms with E-state index in [-0.39, 0.29) is 23.6 Å². The van der Waals surface area contributed by atoms with E-state index in [4.69, 9.17) is 9.47 Å². The SMILES string of the molecule is COc1cc2c(c(OC)c1)C(C)N(C(=O)c1ccc(NC(C)=O)cc1)CC2.Cc1cccc(OC(F)(F)F)c1. The van der Waals surface area contributed by atoms with Crippen LogP contribution in [-0.4, -0.2) is 43.8 Å². The van der Waals surface area contributed by atoms with Crippen LogP contribution in [0.5, 0.6) is 17.2 Å². The Balaban J connectivity index is 0.000000293. The predicted octanol–water partition coefficient (Wildman–Crippen LogP) is 6.32. The summed E-state index contributed by atoms with van der Waals surface area (Å²) >= 11 is 0. The fourth-order valence-electron chi connectivity index (χ4n) is 4.37. The lowest BCUT2D eigenvalue weighted by Gasteiger charge is -2.36. The smallest absolute Gasteiger partial charge is 0.497 e. The zero-order valence-electron chi connectivity index (χ0n) is 22.4. The minimum atomic E-state index is -4.60. The Bertz CT molecular complexity index is 1290. The highest BCUT2D eigenvalue weighted by molar-refractivity contribution is 5.96. The first-order valence-electron chi connectivity index (χ1n) is 12.2. The molecule has 4 rings (SSSR count). The van der Waals surface area contributed by atoms with E-state index in [0.29, 0.717) is 17.8 Å². The number of hydrogen-bond acceptors (Lipinski definition) is 5. The number of nitrogens with one attached hydrogen (secondary N) is 1. The molecular weight excluding hydrogens is 513 g/mol. The second-order valence-electron chi connectivity index (χ2n) is 8.95. The topological polar surface area (TPSA) is 77.1 Å². The van der Waals surface area contributed by atoms with E-state index < -0.39 is 6.36 Å². The molecule has 7 nitrogen and oxygen atoms in total. The second kappa shape index (κ2) is 12.6. The number of hydrogen-bond donors (Lipinski definition) is 1. The molecule has 1 heterocycles. The molecule has 10 heteroatoms. The maximum Gasteiger partial charge on any atom is 0.573 e. The molecule has 0 fully saturated rings. The number of amides is 2. The van der Waals surface area contributed by atoms with E-state index in [2.05, 4.69) is 10.1 Å². The number of halogens is 3. The summed E-state index contributed by atoms with van der Waals surface area (Å²) in [5.74, 6) is 1.13. The molecule has 39 heavy (non-hydrogen) atoms. The number of nitrogens with zero attached hydrogens (tertiary/aromatic N) is 1. The van der Waals surface area contributed by atoms with E-state index in [0.717, 1.165) is 34.6 Å². The standard InChI is InChI=1S/C21H24N2O4.C8H7F3O/c1-13-20-16(11-18(26-3)12-19(20)27-4)9-10-23(13)21(25)15-5-7-17(8-6-15)22-14(2)24;1-6-3-2-4-7(5-6)12-8(9,10)11/h5-8,11-13H,9-10H2,1-4H3,(H,22,24);2-5H,1H3. The Hall–Kier alpha value is -4.21. The van der Waals surface area contributed by atoms with Gasteiger partial charge in [0.15, 0.2) is 0 Å². The number of anilines is 1. The maximum atomic E-state index is 13.0. The van der Waals surface area contributed by atoms with Crippen molar-refractivity contribution in [2.75, 3.05) is 26.1 Å². The summed E-state index contributed by atoms with van der Waals surface area (Å²) in [5.41, 5.74) is 4.16. The Kier molecular flexibility index (Phi) is 9.45. The molecule has 1 unspecified atom stereocenters. The molecule has 1 aliphatic rings. The van der Waals surface area contributed by atoms with Crippen molar-refractivity contribution >= 4 is 17.5 Å². The van der Waals surface area contributed by atoms with Gasteiger partial charge in [0.2, 0.25) is 5.91 Å². The molecule has 208 valence electrons. The van der Waals surface area contributed by atoms with Gasteiger partial charge in [-0.2, -0.15) is 0 Å². The lowest BCUT2D eigenvalue weighted by molar-refractivity contribution is -0.274. The van der Waals surface area contributed by atoms with Gasteiger partial charge in [-0.05, 0) is 73.9 Å². The molecule has 0 aliphatic carbocycles. The van der Waals surface area contributed by atoms with E-state index in [9.17, 15) is 22.8 Å². The number of methoxy groups -OCH3 is 2. The Morgan fingerprint density at radius 3 is 2.23 bits per heavy atom. The third-order valence-electron chi connectivity index (χ3n) is 6.10. The van der Waals surface area contributed by atoms with Crippen LogP contribution in [0.15, 0.2) is 60.7 Å². The molecule has 0 bridgehead atoms. The lowest BCUT2D eigenvalue weighted by atomic mass is 9.91. The van der Waals surface area contributed by atoms with Gasteiger partial charge in [-0.3, -0.25) is 9.59 Å². The Morgan fingerprint density at radius 1 is 0.974 bits per heavy atom. The molecule has 3 aromatic rings. The van der Waals surface area contributed by atoms with Crippen LogP contribution in [0, 0.1) is 6.92 Å². The molecule has 0 saturated carbocycles. The molecule has 2 amide bonds. The highest BCUT2D eigenvalue weighted by atomic mass is 19.4. The normalized spacial score (nSPS) is 14.4. The minimum Gasteiger partial charge on any atom is -0.497 e. The van der Waals surface area contributed by atoms with Gasteiger partial charge >= 0.3 is 6.36 Å². The first kappa shape index (κ1) is 29.3. The van der Waals surface area contributed by atoms with Crippen LogP contribution in [0.25, 0.3) is 0 Å². The Morgan fingerprint density at radius 2 is 1.67 bits per heavy atom. The Labute approximate surface area is 225 Å². The summed E-state index contributed by atoms with van der Waals surface area (Å²) < 4.78 is 49.5. The fraction of sp³-hybridized carbons (Fsp3) is 0.310. The van der Waals surface area contributed by atoms with Crippen molar-refractivity contribution in [3.8, 4) is 17.2 Å². The van der Waals surface area contributed by atoms with Crippen molar-refractivity contribution < 1.29 is 37.0 Å². The van der Waals surface area contributed by atoms with Crippen LogP contribution < -0.4 is 19.5 Å². The lowest BCUT2D eigenvalue weighted by Crippen LogP contribution is -2.39. The third kappa shape index (κ3) is 7.89. The molecule has 1 aliphatic heterocycles. The molecule has 1 atom stereocenters. The van der Waals surface area contributed by atoms with E-state index in [1.165, 1.54) is 25.1 Å². The monoisotopic (exact) mass is 544 g/mol. The van der Waals surface area contributed by atoms with Crippen LogP contribution >= 0.6 is 0 Å². The number of aryl methyl sites for hydroxylation is 1. The molecule has 0 saturated heterocycles. The van der Waals surface area contributed by atoms with Gasteiger partial charge in [0, 0.05) is 36.3 Å². The largest absolute Gasteiger partial charge is 0.573 e. The highest BCUT2D eigenvalue weighted by Gasteiger charge is 2.32. The van der Waals surface area contributed by atoms with E-state index in [1.54, 1.807) is 51.5 Å². The van der Waals surface area contributed by atoms with Crippen LogP contribution in [0.3, 0.4) is 0 Å². The van der Waals surface area contributed by atoms with Crippen molar-refractivity contribution in [2.45, 2.75) is 39.6 Å². The summed E-state index contributed by atoms with van der Waals surface area (Å²) in [4.78, 5) is 26.0.